The molecular weight excluding hydrogens is 334 g/mol. The maximum absolute atomic E-state index is 6.33. The number of nitrogens with zero attached hydrogens (tertiary/aromatic N) is 2. The van der Waals surface area contributed by atoms with Crippen LogP contribution in [0.25, 0.3) is 0 Å². The topological polar surface area (TPSA) is 41.1 Å². The van der Waals surface area contributed by atoms with Crippen molar-refractivity contribution in [3.8, 4) is 0 Å². The Hall–Kier alpha value is -2.43. The lowest BCUT2D eigenvalue weighted by Crippen LogP contribution is -2.33. The van der Waals surface area contributed by atoms with Gasteiger partial charge in [-0.3, -0.25) is 10.00 Å². The summed E-state index contributed by atoms with van der Waals surface area (Å²) in [4.78, 5) is 2.44. The van der Waals surface area contributed by atoms with Gasteiger partial charge in [0.05, 0.1) is 18.0 Å². The standard InChI is InChI=1S/C23H29N3O/c1-18(2)26(17-20-10-6-4-7-11-20)14-15-27-23(21-12-8-5-9-13-21)22-16-19(3)24-25-22/h4-13,16,18,23H,14-15,17H2,1-3H3,(H,24,25). The first-order chi connectivity index (χ1) is 13.1. The summed E-state index contributed by atoms with van der Waals surface area (Å²) in [6.07, 6.45) is -0.127. The van der Waals surface area contributed by atoms with Crippen LogP contribution in [0.2, 0.25) is 0 Å². The van der Waals surface area contributed by atoms with Crippen molar-refractivity contribution in [2.24, 2.45) is 0 Å². The first-order valence-corrected chi connectivity index (χ1v) is 9.60. The molecule has 2 aromatic carbocycles. The number of rotatable bonds is 9. The van der Waals surface area contributed by atoms with E-state index in [4.69, 9.17) is 4.74 Å². The van der Waals surface area contributed by atoms with E-state index in [0.29, 0.717) is 12.6 Å². The summed E-state index contributed by atoms with van der Waals surface area (Å²) < 4.78 is 6.33. The Labute approximate surface area is 162 Å². The number of benzene rings is 2. The summed E-state index contributed by atoms with van der Waals surface area (Å²) in [5.41, 5.74) is 4.44. The fraction of sp³-hybridized carbons (Fsp3) is 0.348. The van der Waals surface area contributed by atoms with Gasteiger partial charge in [0.2, 0.25) is 0 Å². The van der Waals surface area contributed by atoms with Crippen LogP contribution in [0, 0.1) is 6.92 Å². The highest BCUT2D eigenvalue weighted by atomic mass is 16.5. The van der Waals surface area contributed by atoms with Crippen LogP contribution in [-0.2, 0) is 11.3 Å². The molecule has 1 heterocycles. The minimum absolute atomic E-state index is 0.127. The van der Waals surface area contributed by atoms with Crippen LogP contribution in [-0.4, -0.2) is 34.3 Å². The Kier molecular flexibility index (Phi) is 6.80. The number of hydrogen-bond donors (Lipinski definition) is 1. The molecule has 0 fully saturated rings. The molecule has 0 spiro atoms. The van der Waals surface area contributed by atoms with Gasteiger partial charge >= 0.3 is 0 Å². The third-order valence-electron chi connectivity index (χ3n) is 4.73. The average molecular weight is 364 g/mol. The molecule has 0 bridgehead atoms. The Balaban J connectivity index is 1.65. The normalized spacial score (nSPS) is 12.6. The van der Waals surface area contributed by atoms with E-state index in [2.05, 4.69) is 77.5 Å². The molecule has 0 aliphatic rings. The van der Waals surface area contributed by atoms with Gasteiger partial charge in [-0.1, -0.05) is 60.7 Å². The van der Waals surface area contributed by atoms with Gasteiger partial charge in [0.15, 0.2) is 0 Å². The van der Waals surface area contributed by atoms with Gasteiger partial charge in [0.1, 0.15) is 6.10 Å². The van der Waals surface area contributed by atoms with Crippen molar-refractivity contribution in [1.29, 1.82) is 0 Å². The second kappa shape index (κ2) is 9.49. The Bertz CT molecular complexity index is 799. The predicted molar refractivity (Wildman–Crippen MR) is 110 cm³/mol. The number of aromatic nitrogens is 2. The Morgan fingerprint density at radius 2 is 1.67 bits per heavy atom. The van der Waals surface area contributed by atoms with E-state index in [1.54, 1.807) is 0 Å². The zero-order valence-electron chi connectivity index (χ0n) is 16.4. The maximum Gasteiger partial charge on any atom is 0.124 e. The van der Waals surface area contributed by atoms with Crippen LogP contribution < -0.4 is 0 Å². The van der Waals surface area contributed by atoms with Gasteiger partial charge in [0, 0.05) is 19.1 Å². The SMILES string of the molecule is Cc1cc(C(OCCN(Cc2ccccc2)C(C)C)c2ccccc2)[nH]n1. The van der Waals surface area contributed by atoms with Crippen molar-refractivity contribution in [1.82, 2.24) is 15.1 Å². The van der Waals surface area contributed by atoms with Crippen LogP contribution in [0.5, 0.6) is 0 Å². The Morgan fingerprint density at radius 1 is 1.00 bits per heavy atom. The van der Waals surface area contributed by atoms with Gasteiger partial charge in [0.25, 0.3) is 0 Å². The lowest BCUT2D eigenvalue weighted by atomic mass is 10.1. The highest BCUT2D eigenvalue weighted by Gasteiger charge is 2.18. The first kappa shape index (κ1) is 19.3. The van der Waals surface area contributed by atoms with Crippen LogP contribution >= 0.6 is 0 Å². The molecule has 1 N–H and O–H groups in total. The second-order valence-electron chi connectivity index (χ2n) is 7.18. The Morgan fingerprint density at radius 3 is 2.26 bits per heavy atom. The van der Waals surface area contributed by atoms with Crippen molar-refractivity contribution in [3.05, 3.63) is 89.2 Å². The molecule has 3 rings (SSSR count). The largest absolute Gasteiger partial charge is 0.366 e. The number of ether oxygens (including phenoxy) is 1. The zero-order chi connectivity index (χ0) is 19.1. The third-order valence-corrected chi connectivity index (χ3v) is 4.73. The van der Waals surface area contributed by atoms with Gasteiger partial charge in [-0.25, -0.2) is 0 Å². The van der Waals surface area contributed by atoms with E-state index in [9.17, 15) is 0 Å². The molecule has 0 saturated heterocycles. The average Bonchev–Trinajstić information content (AvgIpc) is 3.11. The second-order valence-corrected chi connectivity index (χ2v) is 7.18. The van der Waals surface area contributed by atoms with E-state index in [1.807, 2.05) is 25.1 Å². The highest BCUT2D eigenvalue weighted by Crippen LogP contribution is 2.25. The lowest BCUT2D eigenvalue weighted by molar-refractivity contribution is 0.0487. The van der Waals surface area contributed by atoms with Crippen molar-refractivity contribution in [3.63, 3.8) is 0 Å². The molecule has 4 nitrogen and oxygen atoms in total. The molecule has 3 aromatic rings. The molecule has 0 aliphatic heterocycles. The fourth-order valence-electron chi connectivity index (χ4n) is 3.20. The number of H-pyrrole nitrogens is 1. The van der Waals surface area contributed by atoms with Gasteiger partial charge in [-0.2, -0.15) is 5.10 Å². The number of aryl methyl sites for hydroxylation is 1. The van der Waals surface area contributed by atoms with E-state index < -0.39 is 0 Å². The molecule has 142 valence electrons. The summed E-state index contributed by atoms with van der Waals surface area (Å²) in [6.45, 7) is 8.92. The minimum atomic E-state index is -0.127. The van der Waals surface area contributed by atoms with Gasteiger partial charge in [-0.05, 0) is 38.0 Å². The molecule has 0 aliphatic carbocycles. The summed E-state index contributed by atoms with van der Waals surface area (Å²) in [5.74, 6) is 0. The molecule has 27 heavy (non-hydrogen) atoms. The number of hydrogen-bond acceptors (Lipinski definition) is 3. The molecule has 1 atom stereocenters. The summed E-state index contributed by atoms with van der Waals surface area (Å²) in [6, 6.07) is 23.4. The van der Waals surface area contributed by atoms with Crippen molar-refractivity contribution < 1.29 is 4.74 Å². The maximum atomic E-state index is 6.33. The van der Waals surface area contributed by atoms with E-state index in [1.165, 1.54) is 5.56 Å². The van der Waals surface area contributed by atoms with Crippen LogP contribution in [0.3, 0.4) is 0 Å². The fourth-order valence-corrected chi connectivity index (χ4v) is 3.20. The van der Waals surface area contributed by atoms with Gasteiger partial charge < -0.3 is 4.74 Å². The number of nitrogens with one attached hydrogen (secondary N) is 1. The van der Waals surface area contributed by atoms with Crippen molar-refractivity contribution in [2.45, 2.75) is 39.5 Å². The smallest absolute Gasteiger partial charge is 0.124 e. The van der Waals surface area contributed by atoms with Crippen molar-refractivity contribution >= 4 is 0 Å². The van der Waals surface area contributed by atoms with Crippen molar-refractivity contribution in [2.75, 3.05) is 13.2 Å². The quantitative estimate of drug-likeness (QED) is 0.597. The number of aromatic amines is 1. The highest BCUT2D eigenvalue weighted by molar-refractivity contribution is 5.26. The summed E-state index contributed by atoms with van der Waals surface area (Å²) in [5, 5.41) is 7.39. The van der Waals surface area contributed by atoms with Gasteiger partial charge in [-0.15, -0.1) is 0 Å². The molecular formula is C23H29N3O. The molecule has 1 unspecified atom stereocenters. The third kappa shape index (κ3) is 5.52. The molecule has 0 radical (unpaired) electrons. The zero-order valence-corrected chi connectivity index (χ0v) is 16.4. The van der Waals surface area contributed by atoms with E-state index >= 15 is 0 Å². The molecule has 1 aromatic heterocycles. The monoisotopic (exact) mass is 363 g/mol. The predicted octanol–water partition coefficient (Wildman–Crippen LogP) is 4.73. The van der Waals surface area contributed by atoms with Crippen LogP contribution in [0.4, 0.5) is 0 Å². The molecule has 0 saturated carbocycles. The molecule has 4 heteroatoms. The molecule has 0 amide bonds. The van der Waals surface area contributed by atoms with E-state index in [0.717, 1.165) is 30.0 Å². The summed E-state index contributed by atoms with van der Waals surface area (Å²) in [7, 11) is 0. The minimum Gasteiger partial charge on any atom is -0.366 e. The lowest BCUT2D eigenvalue weighted by Gasteiger charge is -2.27. The van der Waals surface area contributed by atoms with E-state index in [-0.39, 0.29) is 6.10 Å². The summed E-state index contributed by atoms with van der Waals surface area (Å²) >= 11 is 0. The first-order valence-electron chi connectivity index (χ1n) is 9.60. The van der Waals surface area contributed by atoms with Crippen LogP contribution in [0.1, 0.15) is 42.5 Å². The van der Waals surface area contributed by atoms with Crippen LogP contribution in [0.15, 0.2) is 66.7 Å².